The third kappa shape index (κ3) is 4.10. The quantitative estimate of drug-likeness (QED) is 0.766. The van der Waals surface area contributed by atoms with E-state index >= 15 is 0 Å². The molecular weight excluding hydrogens is 324 g/mol. The van der Waals surface area contributed by atoms with Crippen molar-refractivity contribution in [2.24, 2.45) is 0 Å². The van der Waals surface area contributed by atoms with Gasteiger partial charge >= 0.3 is 0 Å². The summed E-state index contributed by atoms with van der Waals surface area (Å²) in [7, 11) is -2.22. The lowest BCUT2D eigenvalue weighted by atomic mass is 10.4. The van der Waals surface area contributed by atoms with Crippen molar-refractivity contribution in [2.45, 2.75) is 16.2 Å². The van der Waals surface area contributed by atoms with E-state index in [2.05, 4.69) is 0 Å². The average molecular weight is 334 g/mol. The lowest BCUT2D eigenvalue weighted by Gasteiger charge is -2.16. The zero-order valence-electron chi connectivity index (χ0n) is 9.62. The van der Waals surface area contributed by atoms with Gasteiger partial charge in [0, 0.05) is 17.7 Å². The van der Waals surface area contributed by atoms with E-state index in [-0.39, 0.29) is 0 Å². The van der Waals surface area contributed by atoms with Crippen LogP contribution in [0.4, 0.5) is 8.78 Å². The van der Waals surface area contributed by atoms with E-state index in [4.69, 9.17) is 10.7 Å². The Morgan fingerprint density at radius 1 is 1.21 bits per heavy atom. The SMILES string of the molecule is CN(CC(F)F)S(=O)(=O)c1cccc(S(=O)(=O)Cl)c1. The monoisotopic (exact) mass is 333 g/mol. The molecule has 1 aromatic carbocycles. The zero-order chi connectivity index (χ0) is 14.8. The van der Waals surface area contributed by atoms with Crippen molar-refractivity contribution in [1.29, 1.82) is 0 Å². The van der Waals surface area contributed by atoms with Crippen LogP contribution in [0.2, 0.25) is 0 Å². The summed E-state index contributed by atoms with van der Waals surface area (Å²) in [6, 6.07) is 4.19. The molecule has 0 aromatic heterocycles. The highest BCUT2D eigenvalue weighted by Crippen LogP contribution is 2.21. The largest absolute Gasteiger partial charge is 0.261 e. The van der Waals surface area contributed by atoms with Crippen molar-refractivity contribution >= 4 is 29.8 Å². The summed E-state index contributed by atoms with van der Waals surface area (Å²) in [4.78, 5) is -0.835. The summed E-state index contributed by atoms with van der Waals surface area (Å²) in [6.45, 7) is -0.986. The van der Waals surface area contributed by atoms with Crippen molar-refractivity contribution in [3.05, 3.63) is 24.3 Å². The second kappa shape index (κ2) is 5.70. The number of nitrogens with zero attached hydrogens (tertiary/aromatic N) is 1. The molecule has 19 heavy (non-hydrogen) atoms. The lowest BCUT2D eigenvalue weighted by Crippen LogP contribution is -2.31. The molecule has 5 nitrogen and oxygen atoms in total. The van der Waals surface area contributed by atoms with E-state index in [0.717, 1.165) is 25.2 Å². The topological polar surface area (TPSA) is 71.5 Å². The van der Waals surface area contributed by atoms with E-state index in [1.165, 1.54) is 6.07 Å². The zero-order valence-corrected chi connectivity index (χ0v) is 12.0. The van der Waals surface area contributed by atoms with E-state index in [9.17, 15) is 25.6 Å². The number of sulfonamides is 1. The highest BCUT2D eigenvalue weighted by Gasteiger charge is 2.25. The first-order valence-electron chi connectivity index (χ1n) is 4.84. The van der Waals surface area contributed by atoms with Gasteiger partial charge in [0.25, 0.3) is 15.5 Å². The Morgan fingerprint density at radius 3 is 2.21 bits per heavy atom. The van der Waals surface area contributed by atoms with Gasteiger partial charge in [-0.1, -0.05) is 6.07 Å². The van der Waals surface area contributed by atoms with Crippen LogP contribution in [0.3, 0.4) is 0 Å². The first-order chi connectivity index (χ1) is 8.55. The highest BCUT2D eigenvalue weighted by molar-refractivity contribution is 8.13. The first kappa shape index (κ1) is 16.3. The molecule has 0 saturated heterocycles. The lowest BCUT2D eigenvalue weighted by molar-refractivity contribution is 0.126. The molecule has 0 bridgehead atoms. The molecule has 0 fully saturated rings. The van der Waals surface area contributed by atoms with Crippen molar-refractivity contribution < 1.29 is 25.6 Å². The minimum absolute atomic E-state index is 0.416. The van der Waals surface area contributed by atoms with Crippen molar-refractivity contribution in [1.82, 2.24) is 4.31 Å². The number of alkyl halides is 2. The summed E-state index contributed by atoms with van der Waals surface area (Å²) in [5.41, 5.74) is 0. The molecule has 0 atom stereocenters. The second-order valence-corrected chi connectivity index (χ2v) is 8.20. The van der Waals surface area contributed by atoms with Gasteiger partial charge in [0.05, 0.1) is 16.3 Å². The molecule has 0 saturated carbocycles. The summed E-state index contributed by atoms with van der Waals surface area (Å²) < 4.78 is 70.8. The predicted molar refractivity (Wildman–Crippen MR) is 65.3 cm³/mol. The van der Waals surface area contributed by atoms with Crippen LogP contribution in [0, 0.1) is 0 Å². The minimum atomic E-state index is -4.19. The molecular formula is C9H10ClF2NO4S2. The molecule has 0 aliphatic heterocycles. The van der Waals surface area contributed by atoms with E-state index < -0.39 is 41.8 Å². The fourth-order valence-electron chi connectivity index (χ4n) is 1.26. The van der Waals surface area contributed by atoms with Crippen LogP contribution >= 0.6 is 10.7 Å². The summed E-state index contributed by atoms with van der Waals surface area (Å²) in [6.07, 6.45) is -2.83. The van der Waals surface area contributed by atoms with E-state index in [0.29, 0.717) is 4.31 Å². The standard InChI is InChI=1S/C9H10ClF2NO4S2/c1-13(6-9(11)12)19(16,17)8-4-2-3-7(5-8)18(10,14)15/h2-5,9H,6H2,1H3. The number of benzene rings is 1. The predicted octanol–water partition coefficient (Wildman–Crippen LogP) is 1.50. The van der Waals surface area contributed by atoms with Gasteiger partial charge in [0.15, 0.2) is 0 Å². The van der Waals surface area contributed by atoms with Crippen LogP contribution in [-0.4, -0.2) is 41.2 Å². The molecule has 1 aromatic rings. The van der Waals surface area contributed by atoms with Gasteiger partial charge in [-0.15, -0.1) is 0 Å². The first-order valence-corrected chi connectivity index (χ1v) is 8.59. The molecule has 0 N–H and O–H groups in total. The molecule has 0 amide bonds. The summed E-state index contributed by atoms with van der Waals surface area (Å²) >= 11 is 0. The Morgan fingerprint density at radius 2 is 1.74 bits per heavy atom. The van der Waals surface area contributed by atoms with Gasteiger partial charge in [-0.25, -0.2) is 25.6 Å². The van der Waals surface area contributed by atoms with E-state index in [1.807, 2.05) is 0 Å². The molecule has 0 radical (unpaired) electrons. The Balaban J connectivity index is 3.23. The van der Waals surface area contributed by atoms with Crippen molar-refractivity contribution in [3.8, 4) is 0 Å². The van der Waals surface area contributed by atoms with Gasteiger partial charge in [-0.05, 0) is 18.2 Å². The van der Waals surface area contributed by atoms with Crippen molar-refractivity contribution in [2.75, 3.05) is 13.6 Å². The molecule has 108 valence electrons. The Hall–Kier alpha value is -0.770. The van der Waals surface area contributed by atoms with Crippen LogP contribution in [-0.2, 0) is 19.1 Å². The fourth-order valence-corrected chi connectivity index (χ4v) is 3.33. The minimum Gasteiger partial charge on any atom is -0.209 e. The van der Waals surface area contributed by atoms with Gasteiger partial charge in [-0.3, -0.25) is 0 Å². The highest BCUT2D eigenvalue weighted by atomic mass is 35.7. The number of halogens is 3. The van der Waals surface area contributed by atoms with Crippen LogP contribution in [0.15, 0.2) is 34.1 Å². The third-order valence-corrected chi connectivity index (χ3v) is 5.36. The Kier molecular flexibility index (Phi) is 4.88. The summed E-state index contributed by atoms with van der Waals surface area (Å²) in [5.74, 6) is 0. The number of hydrogen-bond donors (Lipinski definition) is 0. The maximum Gasteiger partial charge on any atom is 0.261 e. The van der Waals surface area contributed by atoms with Gasteiger partial charge in [-0.2, -0.15) is 4.31 Å². The molecule has 0 aliphatic carbocycles. The fraction of sp³-hybridized carbons (Fsp3) is 0.333. The van der Waals surface area contributed by atoms with Crippen LogP contribution in [0.1, 0.15) is 0 Å². The summed E-state index contributed by atoms with van der Waals surface area (Å²) in [5, 5.41) is 0. The molecule has 0 aliphatic rings. The third-order valence-electron chi connectivity index (χ3n) is 2.19. The number of hydrogen-bond acceptors (Lipinski definition) is 4. The molecule has 0 spiro atoms. The van der Waals surface area contributed by atoms with Crippen LogP contribution in [0.25, 0.3) is 0 Å². The Bertz CT molecular complexity index is 661. The Labute approximate surface area is 114 Å². The number of rotatable bonds is 5. The van der Waals surface area contributed by atoms with Crippen LogP contribution < -0.4 is 0 Å². The molecule has 1 rings (SSSR count). The smallest absolute Gasteiger partial charge is 0.209 e. The second-order valence-electron chi connectivity index (χ2n) is 3.59. The van der Waals surface area contributed by atoms with Gasteiger partial charge < -0.3 is 0 Å². The van der Waals surface area contributed by atoms with Crippen molar-refractivity contribution in [3.63, 3.8) is 0 Å². The maximum absolute atomic E-state index is 12.2. The van der Waals surface area contributed by atoms with Crippen LogP contribution in [0.5, 0.6) is 0 Å². The molecule has 10 heteroatoms. The molecule has 0 heterocycles. The van der Waals surface area contributed by atoms with Gasteiger partial charge in [0.1, 0.15) is 0 Å². The van der Waals surface area contributed by atoms with E-state index in [1.54, 1.807) is 0 Å². The normalized spacial score (nSPS) is 13.2. The molecule has 0 unspecified atom stereocenters. The average Bonchev–Trinajstić information content (AvgIpc) is 2.27. The maximum atomic E-state index is 12.2. The van der Waals surface area contributed by atoms with Gasteiger partial charge in [0.2, 0.25) is 10.0 Å².